The summed E-state index contributed by atoms with van der Waals surface area (Å²) in [5, 5.41) is 16.5. The third kappa shape index (κ3) is 5.70. The molecule has 2 aliphatic heterocycles. The smallest absolute Gasteiger partial charge is 0.130 e. The minimum absolute atomic E-state index is 0.0284. The molecule has 2 aliphatic rings. The van der Waals surface area contributed by atoms with Crippen molar-refractivity contribution in [3.8, 4) is 11.1 Å². The second-order valence-corrected chi connectivity index (χ2v) is 13.9. The van der Waals surface area contributed by atoms with E-state index in [1.165, 1.54) is 60.6 Å². The Morgan fingerprint density at radius 2 is 1.06 bits per heavy atom. The van der Waals surface area contributed by atoms with Crippen LogP contribution in [0.1, 0.15) is 40.6 Å². The summed E-state index contributed by atoms with van der Waals surface area (Å²) in [6, 6.07) is 67.8. The van der Waals surface area contributed by atoms with Gasteiger partial charge in [-0.2, -0.15) is 0 Å². The van der Waals surface area contributed by atoms with Crippen molar-refractivity contribution in [3.05, 3.63) is 216 Å². The van der Waals surface area contributed by atoms with Gasteiger partial charge in [0.05, 0.1) is 17.4 Å². The highest BCUT2D eigenvalue weighted by Gasteiger charge is 2.33. The number of para-hydroxylation sites is 1. The third-order valence-corrected chi connectivity index (χ3v) is 10.7. The monoisotopic (exact) mass is 682 g/mol. The molecule has 3 unspecified atom stereocenters. The van der Waals surface area contributed by atoms with Gasteiger partial charge in [0.15, 0.2) is 0 Å². The summed E-state index contributed by atoms with van der Waals surface area (Å²) in [7, 11) is 0. The van der Waals surface area contributed by atoms with Gasteiger partial charge in [0, 0.05) is 16.8 Å². The van der Waals surface area contributed by atoms with Gasteiger partial charge in [-0.15, -0.1) is 0 Å². The van der Waals surface area contributed by atoms with Crippen LogP contribution in [-0.4, -0.2) is 0 Å². The number of nitrogens with one attached hydrogen (secondary N) is 3. The Morgan fingerprint density at radius 3 is 1.83 bits per heavy atom. The molecule has 2 heterocycles. The van der Waals surface area contributed by atoms with E-state index in [2.05, 4.69) is 215 Å². The first-order valence-electron chi connectivity index (χ1n) is 18.4. The molecule has 254 valence electrons. The quantitative estimate of drug-likeness (QED) is 0.153. The average molecular weight is 683 g/mol. The first-order chi connectivity index (χ1) is 26.3. The predicted octanol–water partition coefficient (Wildman–Crippen LogP) is 11.9. The fourth-order valence-corrected chi connectivity index (χ4v) is 8.12. The van der Waals surface area contributed by atoms with Crippen LogP contribution in [0, 0.1) is 0 Å². The SMILES string of the molecule is C1=C(c2ccccc2)NC(c2cccc(-c3ccc4ccc5ccc6c(c5c4c3)N(c3ccccc3)C(c3ccccc3)N6)c2)NC1c1ccccc1. The van der Waals surface area contributed by atoms with Crippen molar-refractivity contribution in [3.63, 3.8) is 0 Å². The molecule has 0 saturated carbocycles. The number of fused-ring (bicyclic) bond motifs is 5. The topological polar surface area (TPSA) is 39.3 Å². The molecule has 0 fully saturated rings. The Bertz CT molecular complexity index is 2600. The maximum Gasteiger partial charge on any atom is 0.130 e. The van der Waals surface area contributed by atoms with Gasteiger partial charge in [0.25, 0.3) is 0 Å². The van der Waals surface area contributed by atoms with Gasteiger partial charge in [-0.3, -0.25) is 5.32 Å². The van der Waals surface area contributed by atoms with Crippen LogP contribution >= 0.6 is 0 Å². The van der Waals surface area contributed by atoms with Crippen LogP contribution in [0.2, 0.25) is 0 Å². The largest absolute Gasteiger partial charge is 0.366 e. The number of hydrogen-bond donors (Lipinski definition) is 3. The average Bonchev–Trinajstić information content (AvgIpc) is 3.64. The number of anilines is 3. The third-order valence-electron chi connectivity index (χ3n) is 10.7. The molecule has 8 aromatic rings. The molecule has 0 aliphatic carbocycles. The summed E-state index contributed by atoms with van der Waals surface area (Å²) in [5.74, 6) is 0. The lowest BCUT2D eigenvalue weighted by atomic mass is 9.94. The second-order valence-electron chi connectivity index (χ2n) is 13.9. The minimum Gasteiger partial charge on any atom is -0.366 e. The van der Waals surface area contributed by atoms with E-state index in [0.29, 0.717) is 0 Å². The molecule has 0 radical (unpaired) electrons. The molecule has 53 heavy (non-hydrogen) atoms. The van der Waals surface area contributed by atoms with Gasteiger partial charge in [0.2, 0.25) is 0 Å². The van der Waals surface area contributed by atoms with E-state index in [1.807, 2.05) is 0 Å². The lowest BCUT2D eigenvalue weighted by Gasteiger charge is -2.33. The highest BCUT2D eigenvalue weighted by molar-refractivity contribution is 6.18. The van der Waals surface area contributed by atoms with Crippen molar-refractivity contribution in [1.29, 1.82) is 0 Å². The minimum atomic E-state index is -0.0784. The molecule has 0 bridgehead atoms. The Balaban J connectivity index is 1.08. The Labute approximate surface area is 310 Å². The first-order valence-corrected chi connectivity index (χ1v) is 18.4. The molecule has 0 aromatic heterocycles. The van der Waals surface area contributed by atoms with Crippen LogP contribution in [0.15, 0.2) is 194 Å². The van der Waals surface area contributed by atoms with Gasteiger partial charge in [-0.25, -0.2) is 0 Å². The molecule has 0 saturated heterocycles. The summed E-state index contributed by atoms with van der Waals surface area (Å²) in [5.41, 5.74) is 11.8. The molecule has 8 aromatic carbocycles. The summed E-state index contributed by atoms with van der Waals surface area (Å²) in [6.07, 6.45) is 2.19. The highest BCUT2D eigenvalue weighted by Crippen LogP contribution is 2.51. The highest BCUT2D eigenvalue weighted by atomic mass is 15.3. The zero-order valence-electron chi connectivity index (χ0n) is 29.2. The van der Waals surface area contributed by atoms with Gasteiger partial charge < -0.3 is 15.5 Å². The summed E-state index contributed by atoms with van der Waals surface area (Å²) >= 11 is 0. The lowest BCUT2D eigenvalue weighted by molar-refractivity contribution is 0.443. The fraction of sp³-hybridized carbons (Fsp3) is 0.0612. The van der Waals surface area contributed by atoms with Crippen LogP contribution in [0.3, 0.4) is 0 Å². The van der Waals surface area contributed by atoms with Crippen LogP contribution in [-0.2, 0) is 0 Å². The molecule has 3 N–H and O–H groups in total. The maximum atomic E-state index is 3.88. The van der Waals surface area contributed by atoms with E-state index < -0.39 is 0 Å². The molecule has 0 spiro atoms. The van der Waals surface area contributed by atoms with E-state index >= 15 is 0 Å². The lowest BCUT2D eigenvalue weighted by Crippen LogP contribution is -2.39. The van der Waals surface area contributed by atoms with Gasteiger partial charge in [-0.1, -0.05) is 158 Å². The zero-order chi connectivity index (χ0) is 35.1. The number of rotatable bonds is 6. The van der Waals surface area contributed by atoms with Crippen LogP contribution in [0.4, 0.5) is 17.1 Å². The van der Waals surface area contributed by atoms with E-state index in [-0.39, 0.29) is 18.4 Å². The normalized spacial score (nSPS) is 17.9. The molecular formula is C49H38N4. The Hall–Kier alpha value is -6.62. The van der Waals surface area contributed by atoms with Crippen LogP contribution in [0.5, 0.6) is 0 Å². The Kier molecular flexibility index (Phi) is 7.74. The summed E-state index contributed by atoms with van der Waals surface area (Å²) in [4.78, 5) is 2.47. The summed E-state index contributed by atoms with van der Waals surface area (Å²) < 4.78 is 0. The fourth-order valence-electron chi connectivity index (χ4n) is 8.12. The number of nitrogens with zero attached hydrogens (tertiary/aromatic N) is 1. The van der Waals surface area contributed by atoms with E-state index in [4.69, 9.17) is 0 Å². The number of hydrogen-bond acceptors (Lipinski definition) is 4. The zero-order valence-corrected chi connectivity index (χ0v) is 29.2. The van der Waals surface area contributed by atoms with Crippen LogP contribution < -0.4 is 20.9 Å². The second kappa shape index (κ2) is 13.2. The van der Waals surface area contributed by atoms with Crippen molar-refractivity contribution in [2.24, 2.45) is 0 Å². The molecule has 4 nitrogen and oxygen atoms in total. The number of benzene rings is 8. The van der Waals surface area contributed by atoms with Crippen molar-refractivity contribution < 1.29 is 0 Å². The van der Waals surface area contributed by atoms with Gasteiger partial charge in [0.1, 0.15) is 12.3 Å². The van der Waals surface area contributed by atoms with E-state index in [9.17, 15) is 0 Å². The van der Waals surface area contributed by atoms with Gasteiger partial charge >= 0.3 is 0 Å². The van der Waals surface area contributed by atoms with E-state index in [1.54, 1.807) is 0 Å². The standard InChI is InChI=1S/C49H38N4/c1-5-14-34(15-6-1)44-32-45(35-16-7-2-8-17-35)51-48(50-44)40-21-13-20-38(30-40)39-27-25-33-24-26-36-28-29-43-47(46(36)42(33)31-39)53(41-22-11-4-12-23-41)49(52-43)37-18-9-3-10-19-37/h1-32,44,48-52H. The maximum absolute atomic E-state index is 3.88. The first kappa shape index (κ1) is 31.1. The van der Waals surface area contributed by atoms with Crippen molar-refractivity contribution >= 4 is 44.3 Å². The Morgan fingerprint density at radius 1 is 0.453 bits per heavy atom. The molecule has 4 heteroatoms. The molecule has 10 rings (SSSR count). The van der Waals surface area contributed by atoms with Crippen LogP contribution in [0.25, 0.3) is 38.4 Å². The van der Waals surface area contributed by atoms with Crippen molar-refractivity contribution in [1.82, 2.24) is 10.6 Å². The molecular weight excluding hydrogens is 645 g/mol. The molecule has 0 amide bonds. The van der Waals surface area contributed by atoms with Crippen molar-refractivity contribution in [2.75, 3.05) is 10.2 Å². The summed E-state index contributed by atoms with van der Waals surface area (Å²) in [6.45, 7) is 0. The molecule has 3 atom stereocenters. The van der Waals surface area contributed by atoms with Gasteiger partial charge in [-0.05, 0) is 85.9 Å². The van der Waals surface area contributed by atoms with E-state index in [0.717, 1.165) is 17.1 Å². The van der Waals surface area contributed by atoms with Crippen molar-refractivity contribution in [2.45, 2.75) is 18.4 Å². The predicted molar refractivity (Wildman–Crippen MR) is 221 cm³/mol.